The third kappa shape index (κ3) is 1.51. The Labute approximate surface area is 103 Å². The normalized spacial score (nSPS) is 17.2. The molecule has 8 nitrogen and oxygen atoms in total. The summed E-state index contributed by atoms with van der Waals surface area (Å²) >= 11 is 0. The number of aryl methyl sites for hydroxylation is 1. The Kier molecular flexibility index (Phi) is 2.09. The highest BCUT2D eigenvalue weighted by Crippen LogP contribution is 2.24. The summed E-state index contributed by atoms with van der Waals surface area (Å²) in [6, 6.07) is -0.637. The van der Waals surface area contributed by atoms with E-state index in [0.717, 1.165) is 10.7 Å². The van der Waals surface area contributed by atoms with E-state index in [9.17, 15) is 4.79 Å². The van der Waals surface area contributed by atoms with Crippen LogP contribution >= 0.6 is 0 Å². The Balaban J connectivity index is 1.88. The van der Waals surface area contributed by atoms with Crippen molar-refractivity contribution in [3.8, 4) is 0 Å². The third-order valence-electron chi connectivity index (χ3n) is 2.53. The van der Waals surface area contributed by atoms with Crippen LogP contribution < -0.4 is 10.6 Å². The number of aliphatic imine (C=N–C) groups is 1. The van der Waals surface area contributed by atoms with E-state index in [-0.39, 0.29) is 0 Å². The van der Waals surface area contributed by atoms with Crippen LogP contribution in [0.4, 0.5) is 10.5 Å². The summed E-state index contributed by atoms with van der Waals surface area (Å²) in [5.74, 6) is 0.556. The summed E-state index contributed by atoms with van der Waals surface area (Å²) in [7, 11) is 1.84. The van der Waals surface area contributed by atoms with Crippen molar-refractivity contribution in [3.05, 3.63) is 36.8 Å². The van der Waals surface area contributed by atoms with Crippen LogP contribution in [0.2, 0.25) is 0 Å². The molecule has 18 heavy (non-hydrogen) atoms. The second-order valence-corrected chi connectivity index (χ2v) is 3.77. The lowest BCUT2D eigenvalue weighted by atomic mass is 10.4. The number of anilines is 1. The topological polar surface area (TPSA) is 83.0 Å². The van der Waals surface area contributed by atoms with Crippen LogP contribution in [0.25, 0.3) is 0 Å². The first-order chi connectivity index (χ1) is 8.65. The van der Waals surface area contributed by atoms with Gasteiger partial charge in [0.25, 0.3) is 0 Å². The van der Waals surface area contributed by atoms with Crippen molar-refractivity contribution in [2.75, 3.05) is 4.90 Å². The van der Waals surface area contributed by atoms with E-state index in [1.54, 1.807) is 29.5 Å². The number of hydrogen-bond donors (Lipinski definition) is 1. The van der Waals surface area contributed by atoms with Gasteiger partial charge in [-0.25, -0.2) is 14.8 Å². The smallest absolute Gasteiger partial charge is 0.340 e. The molecule has 0 aromatic carbocycles. The highest BCUT2D eigenvalue weighted by molar-refractivity contribution is 5.86. The van der Waals surface area contributed by atoms with Crippen molar-refractivity contribution < 1.29 is 4.79 Å². The van der Waals surface area contributed by atoms with Gasteiger partial charge in [-0.3, -0.25) is 4.68 Å². The van der Waals surface area contributed by atoms with E-state index in [2.05, 4.69) is 16.4 Å². The van der Waals surface area contributed by atoms with Gasteiger partial charge in [-0.2, -0.15) is 10.1 Å². The lowest BCUT2D eigenvalue weighted by molar-refractivity contribution is 0.170. The molecular weight excluding hydrogens is 234 g/mol. The molecule has 0 unspecified atom stereocenters. The summed E-state index contributed by atoms with van der Waals surface area (Å²) in [6.45, 7) is 0. The van der Waals surface area contributed by atoms with Crippen molar-refractivity contribution in [2.24, 2.45) is 17.8 Å². The highest BCUT2D eigenvalue weighted by atomic mass is 16.2. The SMILES string of the molecule is Cn1cc(N2C=CN3C(=C2)N=[C]N3C(N)=O)cn1. The van der Waals surface area contributed by atoms with E-state index in [0.29, 0.717) is 5.82 Å². The van der Waals surface area contributed by atoms with Gasteiger partial charge in [0.15, 0.2) is 5.82 Å². The summed E-state index contributed by atoms with van der Waals surface area (Å²) < 4.78 is 1.70. The van der Waals surface area contributed by atoms with Crippen molar-refractivity contribution in [3.63, 3.8) is 0 Å². The maximum absolute atomic E-state index is 11.1. The van der Waals surface area contributed by atoms with Crippen molar-refractivity contribution in [1.82, 2.24) is 19.8 Å². The molecule has 1 aromatic rings. The van der Waals surface area contributed by atoms with Crippen molar-refractivity contribution >= 4 is 18.1 Å². The van der Waals surface area contributed by atoms with Gasteiger partial charge >= 0.3 is 6.03 Å². The first-order valence-corrected chi connectivity index (χ1v) is 5.17. The first kappa shape index (κ1) is 10.4. The van der Waals surface area contributed by atoms with Gasteiger partial charge in [0, 0.05) is 25.6 Å². The van der Waals surface area contributed by atoms with Gasteiger partial charge in [0.2, 0.25) is 6.34 Å². The monoisotopic (exact) mass is 244 g/mol. The number of urea groups is 1. The van der Waals surface area contributed by atoms with Crippen LogP contribution in [-0.4, -0.2) is 32.2 Å². The number of primary amides is 1. The molecule has 0 aliphatic carbocycles. The first-order valence-electron chi connectivity index (χ1n) is 5.17. The Morgan fingerprint density at radius 1 is 1.44 bits per heavy atom. The van der Waals surface area contributed by atoms with E-state index >= 15 is 0 Å². The molecule has 91 valence electrons. The lowest BCUT2D eigenvalue weighted by Gasteiger charge is -2.27. The Hall–Kier alpha value is -2.77. The predicted molar refractivity (Wildman–Crippen MR) is 63.6 cm³/mol. The molecule has 2 aliphatic rings. The molecule has 1 radical (unpaired) electrons. The fourth-order valence-corrected chi connectivity index (χ4v) is 1.69. The molecule has 0 atom stereocenters. The Morgan fingerprint density at radius 3 is 2.94 bits per heavy atom. The minimum Gasteiger partial charge on any atom is -0.350 e. The Bertz CT molecular complexity index is 585. The van der Waals surface area contributed by atoms with Gasteiger partial charge in [0.1, 0.15) is 0 Å². The fraction of sp³-hybridized carbons (Fsp3) is 0.100. The van der Waals surface area contributed by atoms with Crippen molar-refractivity contribution in [1.29, 1.82) is 0 Å². The Morgan fingerprint density at radius 2 is 2.28 bits per heavy atom. The molecule has 0 bridgehead atoms. The average Bonchev–Trinajstić information content (AvgIpc) is 2.93. The number of carbonyl (C=O) groups excluding carboxylic acids is 1. The van der Waals surface area contributed by atoms with Gasteiger partial charge in [-0.1, -0.05) is 0 Å². The largest absolute Gasteiger partial charge is 0.350 e. The van der Waals surface area contributed by atoms with E-state index in [1.807, 2.05) is 18.1 Å². The molecule has 2 amide bonds. The number of nitrogens with two attached hydrogens (primary N) is 1. The van der Waals surface area contributed by atoms with Gasteiger partial charge in [0.05, 0.1) is 18.1 Å². The maximum Gasteiger partial charge on any atom is 0.340 e. The number of aromatic nitrogens is 2. The predicted octanol–water partition coefficient (Wildman–Crippen LogP) is 0.0268. The number of hydrazine groups is 1. The molecule has 0 saturated carbocycles. The number of hydrogen-bond acceptors (Lipinski definition) is 5. The quantitative estimate of drug-likeness (QED) is 0.755. The number of amides is 2. The number of fused-ring (bicyclic) bond motifs is 1. The fourth-order valence-electron chi connectivity index (χ4n) is 1.69. The molecule has 1 aromatic heterocycles. The molecule has 0 spiro atoms. The molecule has 0 fully saturated rings. The number of nitrogens with zero attached hydrogens (tertiary/aromatic N) is 6. The zero-order valence-electron chi connectivity index (χ0n) is 9.56. The molecule has 8 heteroatoms. The molecule has 3 rings (SSSR count). The van der Waals surface area contributed by atoms with Crippen molar-refractivity contribution in [2.45, 2.75) is 0 Å². The van der Waals surface area contributed by atoms with Crippen LogP contribution in [0.5, 0.6) is 0 Å². The van der Waals surface area contributed by atoms with Gasteiger partial charge < -0.3 is 10.6 Å². The van der Waals surface area contributed by atoms with E-state index in [4.69, 9.17) is 5.73 Å². The summed E-state index contributed by atoms with van der Waals surface area (Å²) in [4.78, 5) is 16.9. The minimum atomic E-state index is -0.637. The van der Waals surface area contributed by atoms with Gasteiger partial charge in [-0.05, 0) is 0 Å². The molecule has 2 N–H and O–H groups in total. The van der Waals surface area contributed by atoms with E-state index < -0.39 is 6.03 Å². The summed E-state index contributed by atoms with van der Waals surface area (Å²) in [6.07, 6.45) is 11.3. The van der Waals surface area contributed by atoms with Crippen LogP contribution in [0.1, 0.15) is 0 Å². The molecule has 2 aliphatic heterocycles. The maximum atomic E-state index is 11.1. The second-order valence-electron chi connectivity index (χ2n) is 3.77. The van der Waals surface area contributed by atoms with E-state index in [1.165, 1.54) is 5.01 Å². The highest BCUT2D eigenvalue weighted by Gasteiger charge is 2.27. The van der Waals surface area contributed by atoms with Crippen LogP contribution in [0.3, 0.4) is 0 Å². The molecule has 3 heterocycles. The summed E-state index contributed by atoms with van der Waals surface area (Å²) in [5, 5.41) is 6.70. The van der Waals surface area contributed by atoms with Crippen LogP contribution in [0, 0.1) is 0 Å². The zero-order chi connectivity index (χ0) is 12.7. The minimum absolute atomic E-state index is 0.556. The van der Waals surface area contributed by atoms with Crippen LogP contribution in [0.15, 0.2) is 41.8 Å². The number of rotatable bonds is 1. The lowest BCUT2D eigenvalue weighted by Crippen LogP contribution is -2.42. The standard InChI is InChI=1S/C10H10N7O/c1-14-5-8(4-13-14)15-2-3-16-9(6-15)12-7-17(16)10(11)18/h2-6H,1H3,(H2,11,18). The van der Waals surface area contributed by atoms with Gasteiger partial charge in [-0.15, -0.1) is 0 Å². The average molecular weight is 244 g/mol. The molecular formula is C10H10N7O. The second kappa shape index (κ2) is 3.62. The van der Waals surface area contributed by atoms with Crippen LogP contribution in [-0.2, 0) is 7.05 Å². The zero-order valence-corrected chi connectivity index (χ0v) is 9.56. The summed E-state index contributed by atoms with van der Waals surface area (Å²) in [5.41, 5.74) is 6.09. The third-order valence-corrected chi connectivity index (χ3v) is 2.53. The molecule has 0 saturated heterocycles. The number of carbonyl (C=O) groups is 1.